The Bertz CT molecular complexity index is 368. The van der Waals surface area contributed by atoms with E-state index in [0.717, 1.165) is 26.6 Å². The summed E-state index contributed by atoms with van der Waals surface area (Å²) < 4.78 is 1.04. The lowest BCUT2D eigenvalue weighted by Gasteiger charge is -2.06. The summed E-state index contributed by atoms with van der Waals surface area (Å²) in [6.45, 7) is 4.43. The third-order valence-corrected chi connectivity index (χ3v) is 3.60. The smallest absolute Gasteiger partial charge is 0.100 e. The lowest BCUT2D eigenvalue weighted by Crippen LogP contribution is -1.90. The SMILES string of the molecule is CC(C)CCSc1cc(Br)ccc1C#N. The maximum atomic E-state index is 8.94. The van der Waals surface area contributed by atoms with Crippen LogP contribution in [0.1, 0.15) is 25.8 Å². The molecule has 0 aliphatic heterocycles. The molecule has 0 unspecified atom stereocenters. The van der Waals surface area contributed by atoms with Gasteiger partial charge < -0.3 is 0 Å². The van der Waals surface area contributed by atoms with Gasteiger partial charge in [0.2, 0.25) is 0 Å². The average molecular weight is 284 g/mol. The summed E-state index contributed by atoms with van der Waals surface area (Å²) >= 11 is 5.19. The van der Waals surface area contributed by atoms with Crippen molar-refractivity contribution in [2.24, 2.45) is 5.92 Å². The Kier molecular flexibility index (Phi) is 5.21. The Morgan fingerprint density at radius 3 is 2.80 bits per heavy atom. The molecule has 0 spiro atoms. The zero-order chi connectivity index (χ0) is 11.3. The number of nitriles is 1. The molecule has 1 nitrogen and oxygen atoms in total. The molecule has 0 atom stereocenters. The fraction of sp³-hybridized carbons (Fsp3) is 0.417. The van der Waals surface area contributed by atoms with Crippen LogP contribution in [0.4, 0.5) is 0 Å². The van der Waals surface area contributed by atoms with Gasteiger partial charge in [-0.15, -0.1) is 11.8 Å². The van der Waals surface area contributed by atoms with Crippen molar-refractivity contribution in [3.8, 4) is 6.07 Å². The highest BCUT2D eigenvalue weighted by Crippen LogP contribution is 2.27. The van der Waals surface area contributed by atoms with E-state index in [1.807, 2.05) is 18.2 Å². The molecule has 0 saturated carbocycles. The first-order valence-corrected chi connectivity index (χ1v) is 6.73. The van der Waals surface area contributed by atoms with Gasteiger partial charge in [-0.1, -0.05) is 29.8 Å². The van der Waals surface area contributed by atoms with Gasteiger partial charge in [-0.3, -0.25) is 0 Å². The number of halogens is 1. The van der Waals surface area contributed by atoms with Crippen molar-refractivity contribution in [2.45, 2.75) is 25.2 Å². The van der Waals surface area contributed by atoms with Gasteiger partial charge in [-0.2, -0.15) is 5.26 Å². The van der Waals surface area contributed by atoms with E-state index in [1.165, 1.54) is 6.42 Å². The van der Waals surface area contributed by atoms with Gasteiger partial charge >= 0.3 is 0 Å². The van der Waals surface area contributed by atoms with Crippen molar-refractivity contribution < 1.29 is 0 Å². The number of rotatable bonds is 4. The van der Waals surface area contributed by atoms with Crippen molar-refractivity contribution in [2.75, 3.05) is 5.75 Å². The summed E-state index contributed by atoms with van der Waals surface area (Å²) in [5, 5.41) is 8.94. The molecule has 0 amide bonds. The minimum Gasteiger partial charge on any atom is -0.192 e. The Morgan fingerprint density at radius 2 is 2.20 bits per heavy atom. The van der Waals surface area contributed by atoms with Crippen molar-refractivity contribution in [3.63, 3.8) is 0 Å². The number of thioether (sulfide) groups is 1. The maximum Gasteiger partial charge on any atom is 0.100 e. The summed E-state index contributed by atoms with van der Waals surface area (Å²) in [5.41, 5.74) is 0.770. The molecule has 1 aromatic carbocycles. The summed E-state index contributed by atoms with van der Waals surface area (Å²) in [5.74, 6) is 1.79. The largest absolute Gasteiger partial charge is 0.192 e. The van der Waals surface area contributed by atoms with Crippen molar-refractivity contribution >= 4 is 27.7 Å². The molecular formula is C12H14BrNS. The van der Waals surface area contributed by atoms with Crippen LogP contribution in [0, 0.1) is 17.2 Å². The number of nitrogens with zero attached hydrogens (tertiary/aromatic N) is 1. The van der Waals surface area contributed by atoms with Crippen LogP contribution in [0.2, 0.25) is 0 Å². The van der Waals surface area contributed by atoms with Gasteiger partial charge in [0, 0.05) is 9.37 Å². The van der Waals surface area contributed by atoms with Crippen LogP contribution in [0.5, 0.6) is 0 Å². The summed E-state index contributed by atoms with van der Waals surface area (Å²) in [4.78, 5) is 1.08. The summed E-state index contributed by atoms with van der Waals surface area (Å²) in [7, 11) is 0. The van der Waals surface area contributed by atoms with Crippen LogP contribution in [0.3, 0.4) is 0 Å². The predicted octanol–water partition coefficient (Wildman–Crippen LogP) is 4.46. The van der Waals surface area contributed by atoms with E-state index in [4.69, 9.17) is 5.26 Å². The average Bonchev–Trinajstić information content (AvgIpc) is 2.17. The van der Waals surface area contributed by atoms with Gasteiger partial charge in [0.05, 0.1) is 5.56 Å². The van der Waals surface area contributed by atoms with Crippen LogP contribution in [-0.2, 0) is 0 Å². The van der Waals surface area contributed by atoms with Crippen molar-refractivity contribution in [1.29, 1.82) is 5.26 Å². The van der Waals surface area contributed by atoms with Crippen LogP contribution >= 0.6 is 27.7 Å². The molecule has 0 heterocycles. The Hall–Kier alpha value is -0.460. The molecule has 1 rings (SSSR count). The van der Waals surface area contributed by atoms with Gasteiger partial charge in [0.15, 0.2) is 0 Å². The molecule has 0 N–H and O–H groups in total. The fourth-order valence-corrected chi connectivity index (χ4v) is 2.91. The van der Waals surface area contributed by atoms with Crippen LogP contribution < -0.4 is 0 Å². The van der Waals surface area contributed by atoms with E-state index >= 15 is 0 Å². The van der Waals surface area contributed by atoms with E-state index in [2.05, 4.69) is 35.8 Å². The van der Waals surface area contributed by atoms with Gasteiger partial charge in [0.25, 0.3) is 0 Å². The lowest BCUT2D eigenvalue weighted by molar-refractivity contribution is 0.632. The molecule has 0 bridgehead atoms. The number of hydrogen-bond acceptors (Lipinski definition) is 2. The maximum absolute atomic E-state index is 8.94. The summed E-state index contributed by atoms with van der Waals surface area (Å²) in [6.07, 6.45) is 1.18. The molecule has 80 valence electrons. The standard InChI is InChI=1S/C12H14BrNS/c1-9(2)5-6-15-12-7-11(13)4-3-10(12)8-14/h3-4,7,9H,5-6H2,1-2H3. The molecule has 0 saturated heterocycles. The van der Waals surface area contributed by atoms with E-state index in [0.29, 0.717) is 0 Å². The highest BCUT2D eigenvalue weighted by atomic mass is 79.9. The molecule has 0 aliphatic carbocycles. The molecule has 0 aliphatic rings. The quantitative estimate of drug-likeness (QED) is 0.762. The molecular weight excluding hydrogens is 270 g/mol. The first-order chi connectivity index (χ1) is 7.13. The van der Waals surface area contributed by atoms with Gasteiger partial charge in [0.1, 0.15) is 6.07 Å². The van der Waals surface area contributed by atoms with Gasteiger partial charge in [-0.25, -0.2) is 0 Å². The topological polar surface area (TPSA) is 23.8 Å². The van der Waals surface area contributed by atoms with Crippen LogP contribution in [0.25, 0.3) is 0 Å². The van der Waals surface area contributed by atoms with Gasteiger partial charge in [-0.05, 0) is 36.3 Å². The minimum atomic E-state index is 0.718. The number of hydrogen-bond donors (Lipinski definition) is 0. The van der Waals surface area contributed by atoms with E-state index in [-0.39, 0.29) is 0 Å². The molecule has 3 heteroatoms. The first-order valence-electron chi connectivity index (χ1n) is 4.96. The highest BCUT2D eigenvalue weighted by Gasteiger charge is 2.03. The monoisotopic (exact) mass is 283 g/mol. The zero-order valence-corrected chi connectivity index (χ0v) is 11.4. The van der Waals surface area contributed by atoms with Crippen LogP contribution in [-0.4, -0.2) is 5.75 Å². The minimum absolute atomic E-state index is 0.718. The second-order valence-electron chi connectivity index (χ2n) is 3.78. The third kappa shape index (κ3) is 4.27. The highest BCUT2D eigenvalue weighted by molar-refractivity contribution is 9.10. The van der Waals surface area contributed by atoms with Crippen LogP contribution in [0.15, 0.2) is 27.6 Å². The Morgan fingerprint density at radius 1 is 1.47 bits per heavy atom. The Labute approximate surface area is 104 Å². The molecule has 0 radical (unpaired) electrons. The van der Waals surface area contributed by atoms with Crippen molar-refractivity contribution in [1.82, 2.24) is 0 Å². The van der Waals surface area contributed by atoms with E-state index < -0.39 is 0 Å². The normalized spacial score (nSPS) is 10.3. The Balaban J connectivity index is 2.67. The predicted molar refractivity (Wildman–Crippen MR) is 69.0 cm³/mol. The second-order valence-corrected chi connectivity index (χ2v) is 5.84. The summed E-state index contributed by atoms with van der Waals surface area (Å²) in [6, 6.07) is 8.01. The lowest BCUT2D eigenvalue weighted by atomic mass is 10.2. The van der Waals surface area contributed by atoms with E-state index in [9.17, 15) is 0 Å². The van der Waals surface area contributed by atoms with Crippen molar-refractivity contribution in [3.05, 3.63) is 28.2 Å². The fourth-order valence-electron chi connectivity index (χ4n) is 1.11. The second kappa shape index (κ2) is 6.19. The third-order valence-electron chi connectivity index (χ3n) is 2.02. The molecule has 1 aromatic rings. The molecule has 0 fully saturated rings. The van der Waals surface area contributed by atoms with E-state index in [1.54, 1.807) is 11.8 Å². The molecule has 0 aromatic heterocycles. The zero-order valence-electron chi connectivity index (χ0n) is 8.96. The molecule has 15 heavy (non-hydrogen) atoms. The number of benzene rings is 1. The first kappa shape index (κ1) is 12.6.